The molecule has 4 heteroatoms. The van der Waals surface area contributed by atoms with Crippen molar-refractivity contribution in [2.75, 3.05) is 26.2 Å². The van der Waals surface area contributed by atoms with E-state index in [1.807, 2.05) is 4.68 Å². The molecule has 0 bridgehead atoms. The largest absolute Gasteiger partial charge is 0.301 e. The van der Waals surface area contributed by atoms with Crippen LogP contribution in [-0.2, 0) is 13.5 Å². The normalized spacial score (nSPS) is 25.0. The van der Waals surface area contributed by atoms with Crippen molar-refractivity contribution < 1.29 is 0 Å². The predicted octanol–water partition coefficient (Wildman–Crippen LogP) is 3.18. The molecule has 2 saturated heterocycles. The molecule has 0 saturated carbocycles. The molecule has 2 fully saturated rings. The number of benzene rings is 1. The summed E-state index contributed by atoms with van der Waals surface area (Å²) < 4.78 is 2.02. The number of hydrogen-bond acceptors (Lipinski definition) is 3. The summed E-state index contributed by atoms with van der Waals surface area (Å²) in [6, 6.07) is 12.2. The Kier molecular flexibility index (Phi) is 4.91. The Morgan fingerprint density at radius 1 is 1.12 bits per heavy atom. The molecule has 1 aromatic carbocycles. The molecule has 2 aliphatic rings. The molecule has 3 heterocycles. The lowest BCUT2D eigenvalue weighted by Gasteiger charge is -2.30. The minimum atomic E-state index is 0.577. The van der Waals surface area contributed by atoms with Crippen LogP contribution in [0.1, 0.15) is 42.1 Å². The summed E-state index contributed by atoms with van der Waals surface area (Å²) in [7, 11) is 2.05. The molecule has 0 radical (unpaired) electrons. The Balaban J connectivity index is 1.37. The van der Waals surface area contributed by atoms with Crippen molar-refractivity contribution in [2.24, 2.45) is 7.05 Å². The maximum Gasteiger partial charge on any atom is 0.0540 e. The van der Waals surface area contributed by atoms with Crippen LogP contribution >= 0.6 is 0 Å². The number of aryl methyl sites for hydroxylation is 1. The van der Waals surface area contributed by atoms with Gasteiger partial charge in [0.15, 0.2) is 0 Å². The van der Waals surface area contributed by atoms with Crippen molar-refractivity contribution in [2.45, 2.75) is 44.7 Å². The third-order valence-corrected chi connectivity index (χ3v) is 6.20. The lowest BCUT2D eigenvalue weighted by atomic mass is 10.0. The van der Waals surface area contributed by atoms with E-state index < -0.39 is 0 Å². The van der Waals surface area contributed by atoms with Gasteiger partial charge >= 0.3 is 0 Å². The second-order valence-electron chi connectivity index (χ2n) is 7.68. The molecule has 1 aromatic heterocycles. The van der Waals surface area contributed by atoms with Crippen LogP contribution in [0.3, 0.4) is 0 Å². The Labute approximate surface area is 151 Å². The maximum absolute atomic E-state index is 4.48. The standard InChI is InChI=1S/C21H30N4/c1-17-20(15-22-23(17)2)21-9-6-12-25(21)19-11-14-24(16-19)13-10-18-7-4-3-5-8-18/h3-5,7-8,15,19,21H,6,9-14,16H2,1-2H3. The van der Waals surface area contributed by atoms with Crippen LogP contribution < -0.4 is 0 Å². The Morgan fingerprint density at radius 2 is 1.96 bits per heavy atom. The fourth-order valence-corrected chi connectivity index (χ4v) is 4.62. The second-order valence-corrected chi connectivity index (χ2v) is 7.68. The first-order valence-electron chi connectivity index (χ1n) is 9.73. The van der Waals surface area contributed by atoms with Crippen molar-refractivity contribution in [3.05, 3.63) is 53.3 Å². The molecule has 0 spiro atoms. The lowest BCUT2D eigenvalue weighted by molar-refractivity contribution is 0.177. The smallest absolute Gasteiger partial charge is 0.0540 e. The molecule has 2 aromatic rings. The van der Waals surface area contributed by atoms with Crippen molar-refractivity contribution in [3.63, 3.8) is 0 Å². The third-order valence-electron chi connectivity index (χ3n) is 6.20. The minimum absolute atomic E-state index is 0.577. The van der Waals surface area contributed by atoms with Crippen LogP contribution in [0.2, 0.25) is 0 Å². The average Bonchev–Trinajstić information content (AvgIpc) is 3.35. The molecule has 0 aliphatic carbocycles. The average molecular weight is 338 g/mol. The minimum Gasteiger partial charge on any atom is -0.301 e. The van der Waals surface area contributed by atoms with E-state index in [9.17, 15) is 0 Å². The zero-order valence-corrected chi connectivity index (χ0v) is 15.6. The molecular formula is C21H30N4. The fourth-order valence-electron chi connectivity index (χ4n) is 4.62. The van der Waals surface area contributed by atoms with Crippen LogP contribution in [0.4, 0.5) is 0 Å². The number of rotatable bonds is 5. The van der Waals surface area contributed by atoms with Crippen LogP contribution in [0.25, 0.3) is 0 Å². The van der Waals surface area contributed by atoms with Crippen LogP contribution in [-0.4, -0.2) is 51.8 Å². The molecule has 4 rings (SSSR count). The van der Waals surface area contributed by atoms with Gasteiger partial charge in [0.2, 0.25) is 0 Å². The summed E-state index contributed by atoms with van der Waals surface area (Å²) in [6.07, 6.45) is 7.18. The summed E-state index contributed by atoms with van der Waals surface area (Å²) in [5.74, 6) is 0. The summed E-state index contributed by atoms with van der Waals surface area (Å²) >= 11 is 0. The molecule has 2 aliphatic heterocycles. The van der Waals surface area contributed by atoms with Crippen molar-refractivity contribution in [1.82, 2.24) is 19.6 Å². The highest BCUT2D eigenvalue weighted by Crippen LogP contribution is 2.37. The highest BCUT2D eigenvalue weighted by molar-refractivity contribution is 5.22. The Hall–Kier alpha value is -1.65. The molecule has 134 valence electrons. The van der Waals surface area contributed by atoms with Gasteiger partial charge in [0.05, 0.1) is 6.20 Å². The van der Waals surface area contributed by atoms with E-state index in [2.05, 4.69) is 65.4 Å². The van der Waals surface area contributed by atoms with E-state index in [0.29, 0.717) is 12.1 Å². The summed E-state index contributed by atoms with van der Waals surface area (Å²) in [5, 5.41) is 4.48. The van der Waals surface area contributed by atoms with Gasteiger partial charge in [0.25, 0.3) is 0 Å². The van der Waals surface area contributed by atoms with E-state index in [4.69, 9.17) is 0 Å². The van der Waals surface area contributed by atoms with Gasteiger partial charge < -0.3 is 4.90 Å². The van der Waals surface area contributed by atoms with Crippen LogP contribution in [0.5, 0.6) is 0 Å². The summed E-state index contributed by atoms with van der Waals surface area (Å²) in [4.78, 5) is 5.43. The summed E-state index contributed by atoms with van der Waals surface area (Å²) in [5.41, 5.74) is 4.23. The van der Waals surface area contributed by atoms with Crippen molar-refractivity contribution in [1.29, 1.82) is 0 Å². The molecule has 2 unspecified atom stereocenters. The Morgan fingerprint density at radius 3 is 2.72 bits per heavy atom. The number of aromatic nitrogens is 2. The Bertz CT molecular complexity index is 693. The van der Waals surface area contributed by atoms with Gasteiger partial charge in [-0.05, 0) is 51.3 Å². The van der Waals surface area contributed by atoms with Crippen molar-refractivity contribution in [3.8, 4) is 0 Å². The maximum atomic E-state index is 4.48. The van der Waals surface area contributed by atoms with Gasteiger partial charge in [-0.25, -0.2) is 0 Å². The van der Waals surface area contributed by atoms with Gasteiger partial charge in [-0.3, -0.25) is 9.58 Å². The zero-order valence-electron chi connectivity index (χ0n) is 15.6. The topological polar surface area (TPSA) is 24.3 Å². The van der Waals surface area contributed by atoms with E-state index in [1.54, 1.807) is 0 Å². The van der Waals surface area contributed by atoms with Crippen molar-refractivity contribution >= 4 is 0 Å². The molecule has 4 nitrogen and oxygen atoms in total. The second kappa shape index (κ2) is 7.30. The van der Waals surface area contributed by atoms with Gasteiger partial charge in [-0.1, -0.05) is 30.3 Å². The van der Waals surface area contributed by atoms with E-state index in [-0.39, 0.29) is 0 Å². The first-order valence-corrected chi connectivity index (χ1v) is 9.73. The number of hydrogen-bond donors (Lipinski definition) is 0. The van der Waals surface area contributed by atoms with Gasteiger partial charge in [0.1, 0.15) is 0 Å². The molecular weight excluding hydrogens is 308 g/mol. The summed E-state index contributed by atoms with van der Waals surface area (Å²) in [6.45, 7) is 7.11. The lowest BCUT2D eigenvalue weighted by Crippen LogP contribution is -2.37. The molecule has 2 atom stereocenters. The van der Waals surface area contributed by atoms with Gasteiger partial charge in [-0.15, -0.1) is 0 Å². The molecule has 0 N–H and O–H groups in total. The SMILES string of the molecule is Cc1c(C2CCCN2C2CCN(CCc3ccccc3)C2)cnn1C. The van der Waals surface area contributed by atoms with E-state index in [0.717, 1.165) is 0 Å². The highest BCUT2D eigenvalue weighted by Gasteiger charge is 2.36. The molecule has 25 heavy (non-hydrogen) atoms. The number of nitrogens with zero attached hydrogens (tertiary/aromatic N) is 4. The van der Waals surface area contributed by atoms with E-state index >= 15 is 0 Å². The monoisotopic (exact) mass is 338 g/mol. The number of likely N-dealkylation sites (tertiary alicyclic amines) is 2. The zero-order chi connectivity index (χ0) is 17.2. The van der Waals surface area contributed by atoms with Crippen LogP contribution in [0.15, 0.2) is 36.5 Å². The first-order chi connectivity index (χ1) is 12.2. The third kappa shape index (κ3) is 3.51. The van der Waals surface area contributed by atoms with Gasteiger partial charge in [-0.2, -0.15) is 5.10 Å². The first kappa shape index (κ1) is 16.8. The quantitative estimate of drug-likeness (QED) is 0.837. The fraction of sp³-hybridized carbons (Fsp3) is 0.571. The highest BCUT2D eigenvalue weighted by atomic mass is 15.3. The van der Waals surface area contributed by atoms with Crippen LogP contribution in [0, 0.1) is 6.92 Å². The molecule has 0 amide bonds. The van der Waals surface area contributed by atoms with E-state index in [1.165, 1.54) is 68.7 Å². The predicted molar refractivity (Wildman–Crippen MR) is 102 cm³/mol. The van der Waals surface area contributed by atoms with Gasteiger partial charge in [0, 0.05) is 43.5 Å².